The number of hydrogen-bond acceptors (Lipinski definition) is 6. The largest absolute Gasteiger partial charge is 0.416 e. The standard InChI is InChI=1S/C35H36F3N3O4S/c1-25-8-14-30(15-9-25)46(43,44)45-20-4-7-27-5-2-3-6-28(27)23-40-18-19-41-32-16-17-39(24-31(32)33(42)21-34(40)41)22-26-10-12-29(13-11-26)35(36,37)38/h2-3,5-6,8-15,21H,4,7,16-20,22-24H2,1H3. The van der Waals surface area contributed by atoms with Gasteiger partial charge in [-0.25, -0.2) is 0 Å². The van der Waals surface area contributed by atoms with Crippen LogP contribution in [0.5, 0.6) is 0 Å². The predicted molar refractivity (Wildman–Crippen MR) is 170 cm³/mol. The summed E-state index contributed by atoms with van der Waals surface area (Å²) in [5, 5.41) is 0. The number of aromatic nitrogens is 1. The zero-order valence-electron chi connectivity index (χ0n) is 25.6. The minimum atomic E-state index is -4.37. The molecule has 0 amide bonds. The predicted octanol–water partition coefficient (Wildman–Crippen LogP) is 6.09. The molecule has 7 nitrogen and oxygen atoms in total. The highest BCUT2D eigenvalue weighted by atomic mass is 32.2. The summed E-state index contributed by atoms with van der Waals surface area (Å²) in [4.78, 5) is 17.8. The van der Waals surface area contributed by atoms with E-state index in [0.717, 1.165) is 64.6 Å². The van der Waals surface area contributed by atoms with Gasteiger partial charge >= 0.3 is 6.18 Å². The Morgan fingerprint density at radius 2 is 1.59 bits per heavy atom. The van der Waals surface area contributed by atoms with Crippen LogP contribution in [0.15, 0.2) is 88.6 Å². The SMILES string of the molecule is Cc1ccc(S(=O)(=O)OCCCc2ccccc2CN2CCn3c2cc(=O)c2c3CCN(Cc3ccc(C(F)(F)F)cc3)C2)cc1. The molecule has 2 aliphatic rings. The molecule has 0 saturated heterocycles. The van der Waals surface area contributed by atoms with Crippen molar-refractivity contribution in [2.45, 2.75) is 63.4 Å². The van der Waals surface area contributed by atoms with Crippen molar-refractivity contribution in [2.75, 3.05) is 24.6 Å². The van der Waals surface area contributed by atoms with Gasteiger partial charge in [0.1, 0.15) is 5.82 Å². The Bertz CT molecular complexity index is 1870. The number of halogens is 3. The van der Waals surface area contributed by atoms with E-state index in [9.17, 15) is 26.4 Å². The van der Waals surface area contributed by atoms with E-state index in [4.69, 9.17) is 4.18 Å². The molecule has 3 aromatic carbocycles. The molecule has 4 aromatic rings. The molecular weight excluding hydrogens is 615 g/mol. The minimum Gasteiger partial charge on any atom is -0.352 e. The Labute approximate surface area is 267 Å². The monoisotopic (exact) mass is 651 g/mol. The lowest BCUT2D eigenvalue weighted by atomic mass is 10.0. The fourth-order valence-electron chi connectivity index (χ4n) is 6.31. The summed E-state index contributed by atoms with van der Waals surface area (Å²) in [6.07, 6.45) is -2.49. The molecule has 46 heavy (non-hydrogen) atoms. The topological polar surface area (TPSA) is 71.9 Å². The van der Waals surface area contributed by atoms with E-state index in [2.05, 4.69) is 20.4 Å². The smallest absolute Gasteiger partial charge is 0.352 e. The summed E-state index contributed by atoms with van der Waals surface area (Å²) in [5.74, 6) is 0.891. The zero-order valence-corrected chi connectivity index (χ0v) is 26.4. The third-order valence-corrected chi connectivity index (χ3v) is 10.1. The van der Waals surface area contributed by atoms with E-state index in [1.165, 1.54) is 12.1 Å². The molecular formula is C35H36F3N3O4S. The highest BCUT2D eigenvalue weighted by molar-refractivity contribution is 7.86. The minimum absolute atomic E-state index is 0.0227. The van der Waals surface area contributed by atoms with Gasteiger partial charge < -0.3 is 9.47 Å². The van der Waals surface area contributed by atoms with Crippen LogP contribution >= 0.6 is 0 Å². The Hall–Kier alpha value is -3.93. The first kappa shape index (κ1) is 32.0. The van der Waals surface area contributed by atoms with Crippen molar-refractivity contribution >= 4 is 15.9 Å². The maximum absolute atomic E-state index is 13.4. The first-order chi connectivity index (χ1) is 22.0. The van der Waals surface area contributed by atoms with E-state index < -0.39 is 21.9 Å². The molecule has 11 heteroatoms. The lowest BCUT2D eigenvalue weighted by Crippen LogP contribution is -2.36. The molecule has 0 bridgehead atoms. The van der Waals surface area contributed by atoms with Crippen LogP contribution in [0.3, 0.4) is 0 Å². The molecule has 1 aromatic heterocycles. The Kier molecular flexibility index (Phi) is 9.09. The number of fused-ring (bicyclic) bond motifs is 3. The van der Waals surface area contributed by atoms with Crippen LogP contribution in [0.4, 0.5) is 19.0 Å². The molecule has 0 unspecified atom stereocenters. The molecule has 0 N–H and O–H groups in total. The van der Waals surface area contributed by atoms with Crippen molar-refractivity contribution in [3.05, 3.63) is 128 Å². The molecule has 3 heterocycles. The Balaban J connectivity index is 1.09. The summed E-state index contributed by atoms with van der Waals surface area (Å²) in [6.45, 7) is 5.77. The highest BCUT2D eigenvalue weighted by Gasteiger charge is 2.31. The van der Waals surface area contributed by atoms with E-state index >= 15 is 0 Å². The average Bonchev–Trinajstić information content (AvgIpc) is 3.42. The molecule has 0 atom stereocenters. The average molecular weight is 652 g/mol. The van der Waals surface area contributed by atoms with Gasteiger partial charge in [0.15, 0.2) is 5.43 Å². The molecule has 0 aliphatic carbocycles. The quantitative estimate of drug-likeness (QED) is 0.153. The lowest BCUT2D eigenvalue weighted by Gasteiger charge is -2.30. The number of benzene rings is 3. The summed E-state index contributed by atoms with van der Waals surface area (Å²) < 4.78 is 71.5. The Morgan fingerprint density at radius 3 is 2.30 bits per heavy atom. The second-order valence-electron chi connectivity index (χ2n) is 12.0. The van der Waals surface area contributed by atoms with Gasteiger partial charge in [-0.2, -0.15) is 21.6 Å². The third kappa shape index (κ3) is 7.06. The van der Waals surface area contributed by atoms with E-state index in [1.807, 2.05) is 25.1 Å². The number of alkyl halides is 3. The van der Waals surface area contributed by atoms with Gasteiger partial charge in [0.25, 0.3) is 10.1 Å². The first-order valence-electron chi connectivity index (χ1n) is 15.4. The molecule has 2 aliphatic heterocycles. The fourth-order valence-corrected chi connectivity index (χ4v) is 7.25. The van der Waals surface area contributed by atoms with Crippen molar-refractivity contribution in [3.63, 3.8) is 0 Å². The van der Waals surface area contributed by atoms with Crippen LogP contribution < -0.4 is 10.3 Å². The van der Waals surface area contributed by atoms with Crippen LogP contribution in [0.2, 0.25) is 0 Å². The van der Waals surface area contributed by atoms with Gasteiger partial charge in [-0.3, -0.25) is 13.9 Å². The van der Waals surface area contributed by atoms with Gasteiger partial charge in [-0.05, 0) is 60.7 Å². The lowest BCUT2D eigenvalue weighted by molar-refractivity contribution is -0.137. The van der Waals surface area contributed by atoms with Crippen molar-refractivity contribution in [1.29, 1.82) is 0 Å². The Morgan fingerprint density at radius 1 is 0.870 bits per heavy atom. The first-order valence-corrected chi connectivity index (χ1v) is 16.8. The molecule has 0 fully saturated rings. The van der Waals surface area contributed by atoms with Crippen molar-refractivity contribution in [2.24, 2.45) is 0 Å². The molecule has 242 valence electrons. The van der Waals surface area contributed by atoms with E-state index in [1.54, 1.807) is 30.3 Å². The summed E-state index contributed by atoms with van der Waals surface area (Å²) in [5.41, 5.74) is 5.08. The van der Waals surface area contributed by atoms with Crippen LogP contribution in [0.25, 0.3) is 0 Å². The number of aryl methyl sites for hydroxylation is 2. The molecule has 0 spiro atoms. The number of hydrogen-bond donors (Lipinski definition) is 0. The van der Waals surface area contributed by atoms with Crippen molar-refractivity contribution < 1.29 is 25.8 Å². The van der Waals surface area contributed by atoms with Crippen LogP contribution in [-0.4, -0.2) is 37.6 Å². The van der Waals surface area contributed by atoms with Crippen molar-refractivity contribution in [3.8, 4) is 0 Å². The highest BCUT2D eigenvalue weighted by Crippen LogP contribution is 2.31. The fraction of sp³-hybridized carbons (Fsp3) is 0.343. The molecule has 0 radical (unpaired) electrons. The van der Waals surface area contributed by atoms with E-state index in [-0.39, 0.29) is 16.9 Å². The summed E-state index contributed by atoms with van der Waals surface area (Å²) >= 11 is 0. The van der Waals surface area contributed by atoms with Gasteiger partial charge in [-0.1, -0.05) is 54.1 Å². The normalized spacial score (nSPS) is 15.2. The number of pyridine rings is 1. The van der Waals surface area contributed by atoms with Crippen LogP contribution in [0, 0.1) is 6.92 Å². The van der Waals surface area contributed by atoms with Gasteiger partial charge in [0.05, 0.1) is 17.1 Å². The number of nitrogens with zero attached hydrogens (tertiary/aromatic N) is 3. The zero-order chi connectivity index (χ0) is 32.5. The maximum Gasteiger partial charge on any atom is 0.416 e. The second kappa shape index (κ2) is 13.1. The number of rotatable bonds is 10. The summed E-state index contributed by atoms with van der Waals surface area (Å²) in [7, 11) is -3.81. The van der Waals surface area contributed by atoms with Crippen molar-refractivity contribution in [1.82, 2.24) is 9.47 Å². The van der Waals surface area contributed by atoms with Crippen LogP contribution in [0.1, 0.15) is 45.5 Å². The molecule has 0 saturated carbocycles. The summed E-state index contributed by atoms with van der Waals surface area (Å²) in [6, 6.07) is 21.6. The third-order valence-electron chi connectivity index (χ3n) is 8.78. The molecule has 6 rings (SSSR count). The van der Waals surface area contributed by atoms with E-state index in [0.29, 0.717) is 45.4 Å². The maximum atomic E-state index is 13.4. The van der Waals surface area contributed by atoms with Gasteiger partial charge in [0.2, 0.25) is 0 Å². The second-order valence-corrected chi connectivity index (χ2v) is 13.6. The number of anilines is 1. The van der Waals surface area contributed by atoms with Crippen LogP contribution in [-0.2, 0) is 59.5 Å². The van der Waals surface area contributed by atoms with Gasteiger partial charge in [-0.15, -0.1) is 0 Å². The van der Waals surface area contributed by atoms with Gasteiger partial charge in [0, 0.05) is 63.0 Å².